The molecule has 2 atom stereocenters. The second-order valence-electron chi connectivity index (χ2n) is 7.01. The number of aromatic nitrogens is 1. The standard InChI is InChI=1S/C20H22BrN3O2/c21-16-3-5-17(6-4-16)23-20(25)26-19-15-7-10-24(11-8-15)18(19)12-14-2-1-9-22-13-14/h1-6,9,13,15,18-19H,7-8,10-12H2,(H,23,25)/t18-,19-/m1/s1. The Morgan fingerprint density at radius 3 is 2.69 bits per heavy atom. The Morgan fingerprint density at radius 2 is 2.00 bits per heavy atom. The summed E-state index contributed by atoms with van der Waals surface area (Å²) in [6.07, 6.45) is 6.30. The fourth-order valence-corrected chi connectivity index (χ4v) is 4.35. The number of ether oxygens (including phenoxy) is 1. The van der Waals surface area contributed by atoms with E-state index in [-0.39, 0.29) is 18.2 Å². The second-order valence-corrected chi connectivity index (χ2v) is 7.92. The van der Waals surface area contributed by atoms with E-state index in [1.165, 1.54) is 5.56 Å². The largest absolute Gasteiger partial charge is 0.444 e. The highest BCUT2D eigenvalue weighted by molar-refractivity contribution is 9.10. The van der Waals surface area contributed by atoms with E-state index in [1.54, 1.807) is 6.20 Å². The van der Waals surface area contributed by atoms with Crippen LogP contribution in [0.3, 0.4) is 0 Å². The summed E-state index contributed by atoms with van der Waals surface area (Å²) < 4.78 is 6.90. The Kier molecular flexibility index (Phi) is 5.22. The molecule has 2 aromatic rings. The van der Waals surface area contributed by atoms with Crippen LogP contribution in [0.1, 0.15) is 18.4 Å². The summed E-state index contributed by atoms with van der Waals surface area (Å²) in [5.74, 6) is 0.442. The quantitative estimate of drug-likeness (QED) is 0.816. The monoisotopic (exact) mass is 415 g/mol. The second kappa shape index (κ2) is 7.76. The van der Waals surface area contributed by atoms with Gasteiger partial charge in [-0.2, -0.15) is 0 Å². The van der Waals surface area contributed by atoms with Crippen molar-refractivity contribution >= 4 is 27.7 Å². The highest BCUT2D eigenvalue weighted by Crippen LogP contribution is 2.36. The number of pyridine rings is 1. The maximum Gasteiger partial charge on any atom is 0.411 e. The van der Waals surface area contributed by atoms with Gasteiger partial charge in [0.2, 0.25) is 0 Å². The van der Waals surface area contributed by atoms with E-state index in [4.69, 9.17) is 4.74 Å². The van der Waals surface area contributed by atoms with Crippen molar-refractivity contribution < 1.29 is 9.53 Å². The van der Waals surface area contributed by atoms with Crippen LogP contribution in [0.25, 0.3) is 0 Å². The number of halogens is 1. The third kappa shape index (κ3) is 3.91. The van der Waals surface area contributed by atoms with Crippen LogP contribution < -0.4 is 5.32 Å². The number of nitrogens with one attached hydrogen (secondary N) is 1. The molecule has 5 nitrogen and oxygen atoms in total. The van der Waals surface area contributed by atoms with Crippen LogP contribution in [-0.2, 0) is 11.2 Å². The van der Waals surface area contributed by atoms with Crippen LogP contribution in [0, 0.1) is 5.92 Å². The Hall–Kier alpha value is -1.92. The van der Waals surface area contributed by atoms with Gasteiger partial charge in [-0.15, -0.1) is 0 Å². The van der Waals surface area contributed by atoms with Gasteiger partial charge in [0, 0.05) is 28.5 Å². The first-order chi connectivity index (χ1) is 12.7. The zero-order valence-corrected chi connectivity index (χ0v) is 16.1. The molecule has 0 saturated carbocycles. The number of nitrogens with zero attached hydrogens (tertiary/aromatic N) is 2. The number of rotatable bonds is 4. The van der Waals surface area contributed by atoms with Crippen molar-refractivity contribution in [2.24, 2.45) is 5.92 Å². The summed E-state index contributed by atoms with van der Waals surface area (Å²) in [4.78, 5) is 19.1. The molecule has 1 amide bonds. The topological polar surface area (TPSA) is 54.5 Å². The molecule has 6 heteroatoms. The number of amides is 1. The molecule has 3 aliphatic rings. The maximum absolute atomic E-state index is 12.5. The SMILES string of the molecule is O=C(Nc1ccc(Br)cc1)O[C@@H]1C2CCN(CC2)[C@@H]1Cc1cccnc1. The highest BCUT2D eigenvalue weighted by atomic mass is 79.9. The van der Waals surface area contributed by atoms with Crippen molar-refractivity contribution in [3.05, 3.63) is 58.8 Å². The number of piperidine rings is 3. The van der Waals surface area contributed by atoms with Gasteiger partial charge in [0.1, 0.15) is 6.10 Å². The lowest BCUT2D eigenvalue weighted by Crippen LogP contribution is -2.60. The van der Waals surface area contributed by atoms with Gasteiger partial charge in [-0.05, 0) is 68.2 Å². The molecule has 0 radical (unpaired) electrons. The van der Waals surface area contributed by atoms with Gasteiger partial charge in [0.25, 0.3) is 0 Å². The van der Waals surface area contributed by atoms with Crippen LogP contribution in [0.5, 0.6) is 0 Å². The van der Waals surface area contributed by atoms with Crippen LogP contribution in [0.15, 0.2) is 53.3 Å². The summed E-state index contributed by atoms with van der Waals surface area (Å²) in [6.45, 7) is 2.17. The Labute approximate surface area is 161 Å². The molecule has 136 valence electrons. The molecule has 1 aromatic heterocycles. The number of carbonyl (C=O) groups is 1. The van der Waals surface area contributed by atoms with E-state index in [1.807, 2.05) is 36.5 Å². The van der Waals surface area contributed by atoms with Crippen LogP contribution in [0.2, 0.25) is 0 Å². The first kappa shape index (κ1) is 17.5. The summed E-state index contributed by atoms with van der Waals surface area (Å²) in [5.41, 5.74) is 1.93. The molecule has 5 rings (SSSR count). The fourth-order valence-electron chi connectivity index (χ4n) is 4.09. The number of hydrogen-bond donors (Lipinski definition) is 1. The molecular formula is C20H22BrN3O2. The van der Waals surface area contributed by atoms with Crippen molar-refractivity contribution in [3.8, 4) is 0 Å². The lowest BCUT2D eigenvalue weighted by molar-refractivity contribution is -0.0741. The molecule has 3 fully saturated rings. The first-order valence-corrected chi connectivity index (χ1v) is 9.84. The smallest absolute Gasteiger partial charge is 0.411 e. The Balaban J connectivity index is 1.45. The molecule has 26 heavy (non-hydrogen) atoms. The number of fused-ring (bicyclic) bond motifs is 3. The lowest BCUT2D eigenvalue weighted by atomic mass is 9.78. The average molecular weight is 416 g/mol. The first-order valence-electron chi connectivity index (χ1n) is 9.05. The van der Waals surface area contributed by atoms with Crippen molar-refractivity contribution in [1.82, 2.24) is 9.88 Å². The maximum atomic E-state index is 12.5. The van der Waals surface area contributed by atoms with E-state index in [2.05, 4.69) is 37.2 Å². The third-order valence-corrected chi connectivity index (χ3v) is 5.92. The fraction of sp³-hybridized carbons (Fsp3) is 0.400. The minimum absolute atomic E-state index is 0.0758. The van der Waals surface area contributed by atoms with Gasteiger partial charge in [0.05, 0.1) is 6.04 Å². The van der Waals surface area contributed by atoms with Crippen molar-refractivity contribution in [2.75, 3.05) is 18.4 Å². The molecule has 0 unspecified atom stereocenters. The van der Waals surface area contributed by atoms with Gasteiger partial charge < -0.3 is 4.74 Å². The average Bonchev–Trinajstić information content (AvgIpc) is 2.67. The number of hydrogen-bond acceptors (Lipinski definition) is 4. The predicted molar refractivity (Wildman–Crippen MR) is 104 cm³/mol. The van der Waals surface area contributed by atoms with E-state index >= 15 is 0 Å². The van der Waals surface area contributed by atoms with E-state index in [9.17, 15) is 4.79 Å². The summed E-state index contributed by atoms with van der Waals surface area (Å²) >= 11 is 3.40. The highest BCUT2D eigenvalue weighted by Gasteiger charge is 2.44. The summed E-state index contributed by atoms with van der Waals surface area (Å²) in [7, 11) is 0. The van der Waals surface area contributed by atoms with Gasteiger partial charge in [-0.25, -0.2) is 4.79 Å². The zero-order valence-electron chi connectivity index (χ0n) is 14.5. The molecular weight excluding hydrogens is 394 g/mol. The molecule has 3 saturated heterocycles. The minimum Gasteiger partial charge on any atom is -0.444 e. The summed E-state index contributed by atoms with van der Waals surface area (Å²) in [6, 6.07) is 11.8. The zero-order chi connectivity index (χ0) is 17.9. The third-order valence-electron chi connectivity index (χ3n) is 5.39. The molecule has 0 aliphatic carbocycles. The van der Waals surface area contributed by atoms with E-state index in [0.29, 0.717) is 5.92 Å². The molecule has 4 heterocycles. The minimum atomic E-state index is -0.373. The Morgan fingerprint density at radius 1 is 1.23 bits per heavy atom. The number of anilines is 1. The number of carbonyl (C=O) groups excluding carboxylic acids is 1. The molecule has 2 bridgehead atoms. The lowest BCUT2D eigenvalue weighted by Gasteiger charge is -2.50. The van der Waals surface area contributed by atoms with Gasteiger partial charge in [0.15, 0.2) is 0 Å². The van der Waals surface area contributed by atoms with Crippen LogP contribution in [0.4, 0.5) is 10.5 Å². The van der Waals surface area contributed by atoms with Crippen LogP contribution >= 0.6 is 15.9 Å². The van der Waals surface area contributed by atoms with Gasteiger partial charge >= 0.3 is 6.09 Å². The molecule has 3 aliphatic heterocycles. The van der Waals surface area contributed by atoms with Crippen molar-refractivity contribution in [3.63, 3.8) is 0 Å². The number of benzene rings is 1. The molecule has 0 spiro atoms. The predicted octanol–water partition coefficient (Wildman–Crippen LogP) is 4.10. The molecule has 1 N–H and O–H groups in total. The summed E-state index contributed by atoms with van der Waals surface area (Å²) in [5, 5.41) is 2.85. The van der Waals surface area contributed by atoms with Crippen LogP contribution in [-0.4, -0.2) is 41.2 Å². The van der Waals surface area contributed by atoms with Gasteiger partial charge in [-0.1, -0.05) is 22.0 Å². The van der Waals surface area contributed by atoms with E-state index in [0.717, 1.165) is 42.5 Å². The molecule has 1 aromatic carbocycles. The van der Waals surface area contributed by atoms with Gasteiger partial charge in [-0.3, -0.25) is 15.2 Å². The Bertz CT molecular complexity index is 745. The van der Waals surface area contributed by atoms with Crippen molar-refractivity contribution in [2.45, 2.75) is 31.4 Å². The van der Waals surface area contributed by atoms with Crippen molar-refractivity contribution in [1.29, 1.82) is 0 Å². The normalized spacial score (nSPS) is 27.1. The van der Waals surface area contributed by atoms with E-state index < -0.39 is 0 Å².